The molecule has 0 saturated heterocycles. The van der Waals surface area contributed by atoms with E-state index in [0.717, 1.165) is 11.1 Å². The van der Waals surface area contributed by atoms with Crippen LogP contribution in [0.25, 0.3) is 0 Å². The summed E-state index contributed by atoms with van der Waals surface area (Å²) < 4.78 is 0. The minimum Gasteiger partial charge on any atom is -0.506 e. The van der Waals surface area contributed by atoms with Gasteiger partial charge in [0.15, 0.2) is 0 Å². The van der Waals surface area contributed by atoms with Crippen LogP contribution in [0.2, 0.25) is 0 Å². The highest BCUT2D eigenvalue weighted by Gasteiger charge is 2.14. The van der Waals surface area contributed by atoms with E-state index in [9.17, 15) is 9.90 Å². The fourth-order valence-electron chi connectivity index (χ4n) is 1.63. The van der Waals surface area contributed by atoms with Crippen molar-refractivity contribution in [2.45, 2.75) is 20.8 Å². The third-order valence-electron chi connectivity index (χ3n) is 2.91. The number of carbonyl (C=O) groups excluding carboxylic acids is 1. The summed E-state index contributed by atoms with van der Waals surface area (Å²) in [5.41, 5.74) is 2.65. The van der Waals surface area contributed by atoms with Gasteiger partial charge in [-0.3, -0.25) is 4.79 Å². The molecule has 2 heterocycles. The normalized spacial score (nSPS) is 10.4. The van der Waals surface area contributed by atoms with E-state index in [2.05, 4.69) is 10.3 Å². The van der Waals surface area contributed by atoms with Crippen molar-refractivity contribution in [3.05, 3.63) is 39.2 Å². The summed E-state index contributed by atoms with van der Waals surface area (Å²) in [4.78, 5) is 16.1. The van der Waals surface area contributed by atoms with Crippen molar-refractivity contribution in [3.8, 4) is 5.75 Å². The first-order valence-electron chi connectivity index (χ1n) is 5.51. The number of anilines is 1. The van der Waals surface area contributed by atoms with Crippen molar-refractivity contribution in [2.75, 3.05) is 5.32 Å². The van der Waals surface area contributed by atoms with Crippen LogP contribution >= 0.6 is 11.3 Å². The van der Waals surface area contributed by atoms with E-state index in [1.165, 1.54) is 11.3 Å². The molecule has 0 aliphatic carbocycles. The average Bonchev–Trinajstić information content (AvgIpc) is 2.87. The maximum absolute atomic E-state index is 11.9. The van der Waals surface area contributed by atoms with Crippen LogP contribution in [0.15, 0.2) is 16.8 Å². The van der Waals surface area contributed by atoms with Crippen LogP contribution in [0, 0.1) is 20.8 Å². The van der Waals surface area contributed by atoms with Crippen LogP contribution in [-0.2, 0) is 0 Å². The fourth-order valence-corrected chi connectivity index (χ4v) is 2.26. The third kappa shape index (κ3) is 2.22. The van der Waals surface area contributed by atoms with Gasteiger partial charge in [0.1, 0.15) is 11.6 Å². The van der Waals surface area contributed by atoms with Crippen molar-refractivity contribution in [1.29, 1.82) is 0 Å². The van der Waals surface area contributed by atoms with Crippen molar-refractivity contribution in [1.82, 2.24) is 4.98 Å². The van der Waals surface area contributed by atoms with Gasteiger partial charge in [-0.05, 0) is 43.3 Å². The lowest BCUT2D eigenvalue weighted by atomic mass is 10.1. The Hall–Kier alpha value is -1.88. The van der Waals surface area contributed by atoms with Crippen LogP contribution < -0.4 is 5.32 Å². The quantitative estimate of drug-likeness (QED) is 0.874. The van der Waals surface area contributed by atoms with E-state index in [1.807, 2.05) is 12.3 Å². The molecule has 2 rings (SSSR count). The van der Waals surface area contributed by atoms with Gasteiger partial charge in [0, 0.05) is 5.38 Å². The largest absolute Gasteiger partial charge is 0.506 e. The summed E-state index contributed by atoms with van der Waals surface area (Å²) in [6.07, 6.45) is 0. The van der Waals surface area contributed by atoms with Crippen molar-refractivity contribution in [2.24, 2.45) is 0 Å². The number of aromatic nitrogens is 1. The Labute approximate surface area is 109 Å². The van der Waals surface area contributed by atoms with Crippen LogP contribution in [-0.4, -0.2) is 16.0 Å². The molecule has 0 unspecified atom stereocenters. The smallest absolute Gasteiger partial charge is 0.257 e. The van der Waals surface area contributed by atoms with E-state index < -0.39 is 0 Å². The molecule has 94 valence electrons. The molecular formula is C13H14N2O2S. The van der Waals surface area contributed by atoms with Gasteiger partial charge in [-0.2, -0.15) is 11.3 Å². The maximum Gasteiger partial charge on any atom is 0.257 e. The summed E-state index contributed by atoms with van der Waals surface area (Å²) in [5.74, 6) is 0.497. The molecule has 4 nitrogen and oxygen atoms in total. The molecule has 0 bridgehead atoms. The molecule has 0 fully saturated rings. The Kier molecular flexibility index (Phi) is 3.34. The molecule has 1 amide bonds. The predicted octanol–water partition coefficient (Wildman–Crippen LogP) is 3.03. The number of amides is 1. The first kappa shape index (κ1) is 12.6. The van der Waals surface area contributed by atoms with E-state index >= 15 is 0 Å². The van der Waals surface area contributed by atoms with Gasteiger partial charge in [-0.15, -0.1) is 0 Å². The molecule has 0 aromatic carbocycles. The maximum atomic E-state index is 11.9. The predicted molar refractivity (Wildman–Crippen MR) is 72.4 cm³/mol. The van der Waals surface area contributed by atoms with Crippen molar-refractivity contribution >= 4 is 23.1 Å². The number of aryl methyl sites for hydroxylation is 1. The summed E-state index contributed by atoms with van der Waals surface area (Å²) in [6.45, 7) is 5.34. The van der Waals surface area contributed by atoms with Crippen LogP contribution in [0.3, 0.4) is 0 Å². The number of rotatable bonds is 2. The SMILES string of the molecule is Cc1nc(NC(=O)c2ccsc2)c(C)c(C)c1O. The second-order valence-electron chi connectivity index (χ2n) is 4.11. The Balaban J connectivity index is 2.33. The number of pyridine rings is 1. The van der Waals surface area contributed by atoms with Crippen LogP contribution in [0.5, 0.6) is 5.75 Å². The average molecular weight is 262 g/mol. The molecule has 0 aliphatic heterocycles. The van der Waals surface area contributed by atoms with E-state index in [0.29, 0.717) is 17.1 Å². The lowest BCUT2D eigenvalue weighted by Crippen LogP contribution is -2.14. The Morgan fingerprint density at radius 3 is 2.67 bits per heavy atom. The highest BCUT2D eigenvalue weighted by Crippen LogP contribution is 2.27. The highest BCUT2D eigenvalue weighted by molar-refractivity contribution is 7.08. The Bertz CT molecular complexity index is 592. The molecule has 0 aliphatic rings. The molecule has 0 spiro atoms. The van der Waals surface area contributed by atoms with Gasteiger partial charge < -0.3 is 10.4 Å². The van der Waals surface area contributed by atoms with E-state index in [1.54, 1.807) is 25.3 Å². The first-order valence-corrected chi connectivity index (χ1v) is 6.45. The zero-order chi connectivity index (χ0) is 13.3. The van der Waals surface area contributed by atoms with Gasteiger partial charge in [0.25, 0.3) is 5.91 Å². The topological polar surface area (TPSA) is 62.2 Å². The van der Waals surface area contributed by atoms with E-state index in [-0.39, 0.29) is 11.7 Å². The number of hydrogen-bond acceptors (Lipinski definition) is 4. The number of nitrogens with one attached hydrogen (secondary N) is 1. The molecule has 5 heteroatoms. The fraction of sp³-hybridized carbons (Fsp3) is 0.231. The van der Waals surface area contributed by atoms with Gasteiger partial charge in [0.2, 0.25) is 0 Å². The molecule has 2 aromatic heterocycles. The monoisotopic (exact) mass is 262 g/mol. The molecule has 0 saturated carbocycles. The van der Waals surface area contributed by atoms with Gasteiger partial charge in [-0.25, -0.2) is 4.98 Å². The summed E-state index contributed by atoms with van der Waals surface area (Å²) in [6, 6.07) is 1.76. The Morgan fingerprint density at radius 2 is 2.06 bits per heavy atom. The number of nitrogens with zero attached hydrogens (tertiary/aromatic N) is 1. The van der Waals surface area contributed by atoms with Gasteiger partial charge in [-0.1, -0.05) is 0 Å². The molecule has 2 N–H and O–H groups in total. The second kappa shape index (κ2) is 4.78. The Morgan fingerprint density at radius 1 is 1.33 bits per heavy atom. The summed E-state index contributed by atoms with van der Waals surface area (Å²) >= 11 is 1.47. The highest BCUT2D eigenvalue weighted by atomic mass is 32.1. The number of hydrogen-bond donors (Lipinski definition) is 2. The minimum absolute atomic E-state index is 0.182. The van der Waals surface area contributed by atoms with Gasteiger partial charge >= 0.3 is 0 Å². The zero-order valence-corrected chi connectivity index (χ0v) is 11.3. The lowest BCUT2D eigenvalue weighted by Gasteiger charge is -2.12. The standard InChI is InChI=1S/C13H14N2O2S/c1-7-8(2)12(14-9(3)11(7)16)15-13(17)10-4-5-18-6-10/h4-6,16H,1-3H3,(H,14,15,17). The number of thiophene rings is 1. The first-order chi connectivity index (χ1) is 8.50. The third-order valence-corrected chi connectivity index (χ3v) is 3.59. The lowest BCUT2D eigenvalue weighted by molar-refractivity contribution is 0.102. The summed E-state index contributed by atoms with van der Waals surface area (Å²) in [5, 5.41) is 16.2. The molecule has 0 radical (unpaired) electrons. The summed E-state index contributed by atoms with van der Waals surface area (Å²) in [7, 11) is 0. The van der Waals surface area contributed by atoms with Crippen molar-refractivity contribution < 1.29 is 9.90 Å². The van der Waals surface area contributed by atoms with Crippen molar-refractivity contribution in [3.63, 3.8) is 0 Å². The number of carbonyl (C=O) groups is 1. The second-order valence-corrected chi connectivity index (χ2v) is 4.89. The van der Waals surface area contributed by atoms with E-state index in [4.69, 9.17) is 0 Å². The number of aromatic hydroxyl groups is 1. The zero-order valence-electron chi connectivity index (χ0n) is 10.4. The molecule has 18 heavy (non-hydrogen) atoms. The van der Waals surface area contributed by atoms with Crippen LogP contribution in [0.4, 0.5) is 5.82 Å². The molecule has 0 atom stereocenters. The van der Waals surface area contributed by atoms with Crippen LogP contribution in [0.1, 0.15) is 27.2 Å². The molecule has 2 aromatic rings. The van der Waals surface area contributed by atoms with Gasteiger partial charge in [0.05, 0.1) is 11.3 Å². The molecular weight excluding hydrogens is 248 g/mol. The minimum atomic E-state index is -0.184.